The van der Waals surface area contributed by atoms with Gasteiger partial charge in [-0.15, -0.1) is 0 Å². The van der Waals surface area contributed by atoms with Gasteiger partial charge in [-0.25, -0.2) is 4.98 Å². The lowest BCUT2D eigenvalue weighted by Gasteiger charge is -2.25. The van der Waals surface area contributed by atoms with Crippen LogP contribution in [0.3, 0.4) is 0 Å². The largest absolute Gasteiger partial charge is 0.460 e. The third kappa shape index (κ3) is 4.51. The van der Waals surface area contributed by atoms with E-state index in [4.69, 9.17) is 4.74 Å². The van der Waals surface area contributed by atoms with Crippen LogP contribution in [0.1, 0.15) is 50.2 Å². The molecule has 0 saturated heterocycles. The fraction of sp³-hybridized carbons (Fsp3) is 0.500. The van der Waals surface area contributed by atoms with Gasteiger partial charge in [0.2, 0.25) is 0 Å². The van der Waals surface area contributed by atoms with Crippen LogP contribution in [-0.2, 0) is 12.6 Å². The Kier molecular flexibility index (Phi) is 5.87. The standard InChI is InChI=1S/C20H24F3N3O/c1-3-8-14-9-4-7-12-17(14)26(2)18-16(20(21,22)23)13-24-19(25-18)27-15-10-5-6-11-15/h4,7,9,12-13,15H,3,5-6,8,10-11H2,1-2H3. The number of ether oxygens (including phenoxy) is 1. The molecule has 1 aliphatic carbocycles. The molecule has 146 valence electrons. The monoisotopic (exact) mass is 379 g/mol. The Labute approximate surface area is 157 Å². The zero-order valence-electron chi connectivity index (χ0n) is 15.6. The van der Waals surface area contributed by atoms with E-state index in [9.17, 15) is 13.2 Å². The number of para-hydroxylation sites is 1. The Morgan fingerprint density at radius 1 is 1.19 bits per heavy atom. The van der Waals surface area contributed by atoms with Gasteiger partial charge in [-0.2, -0.15) is 18.2 Å². The van der Waals surface area contributed by atoms with Crippen LogP contribution in [-0.4, -0.2) is 23.1 Å². The van der Waals surface area contributed by atoms with E-state index < -0.39 is 11.7 Å². The Balaban J connectivity index is 2.00. The summed E-state index contributed by atoms with van der Waals surface area (Å²) in [5.74, 6) is -0.186. The summed E-state index contributed by atoms with van der Waals surface area (Å²) in [6, 6.07) is 7.45. The summed E-state index contributed by atoms with van der Waals surface area (Å²) in [4.78, 5) is 9.46. The van der Waals surface area contributed by atoms with Crippen molar-refractivity contribution in [1.29, 1.82) is 0 Å². The number of halogens is 3. The molecule has 0 atom stereocenters. The molecule has 27 heavy (non-hydrogen) atoms. The predicted molar refractivity (Wildman–Crippen MR) is 98.4 cm³/mol. The van der Waals surface area contributed by atoms with E-state index in [1.807, 2.05) is 31.2 Å². The minimum Gasteiger partial charge on any atom is -0.460 e. The fourth-order valence-corrected chi connectivity index (χ4v) is 3.46. The van der Waals surface area contributed by atoms with Crippen molar-refractivity contribution in [3.8, 4) is 6.01 Å². The van der Waals surface area contributed by atoms with Crippen molar-refractivity contribution >= 4 is 11.5 Å². The maximum absolute atomic E-state index is 13.6. The minimum absolute atomic E-state index is 0.00437. The first-order chi connectivity index (χ1) is 12.9. The lowest BCUT2D eigenvalue weighted by molar-refractivity contribution is -0.137. The summed E-state index contributed by atoms with van der Waals surface area (Å²) < 4.78 is 46.4. The van der Waals surface area contributed by atoms with Gasteiger partial charge < -0.3 is 9.64 Å². The number of aryl methyl sites for hydroxylation is 1. The van der Waals surface area contributed by atoms with Gasteiger partial charge in [0.1, 0.15) is 11.7 Å². The summed E-state index contributed by atoms with van der Waals surface area (Å²) in [6.45, 7) is 2.04. The molecule has 3 rings (SSSR count). The average Bonchev–Trinajstić information content (AvgIpc) is 3.14. The summed E-state index contributed by atoms with van der Waals surface area (Å²) in [7, 11) is 1.60. The molecule has 0 unspecified atom stereocenters. The van der Waals surface area contributed by atoms with E-state index in [1.54, 1.807) is 7.05 Å². The molecule has 7 heteroatoms. The van der Waals surface area contributed by atoms with Crippen molar-refractivity contribution in [2.24, 2.45) is 0 Å². The van der Waals surface area contributed by atoms with E-state index in [0.717, 1.165) is 50.3 Å². The fourth-order valence-electron chi connectivity index (χ4n) is 3.46. The van der Waals surface area contributed by atoms with Gasteiger partial charge in [0.25, 0.3) is 0 Å². The first-order valence-corrected chi connectivity index (χ1v) is 9.32. The second kappa shape index (κ2) is 8.15. The van der Waals surface area contributed by atoms with Gasteiger partial charge in [0, 0.05) is 18.9 Å². The molecule has 0 radical (unpaired) electrons. The van der Waals surface area contributed by atoms with Gasteiger partial charge in [0.15, 0.2) is 5.82 Å². The van der Waals surface area contributed by atoms with Crippen LogP contribution in [0.15, 0.2) is 30.5 Å². The first kappa shape index (κ1) is 19.5. The summed E-state index contributed by atoms with van der Waals surface area (Å²) >= 11 is 0. The van der Waals surface area contributed by atoms with E-state index in [-0.39, 0.29) is 17.9 Å². The summed E-state index contributed by atoms with van der Waals surface area (Å²) in [5.41, 5.74) is 0.818. The smallest absolute Gasteiger partial charge is 0.421 e. The highest BCUT2D eigenvalue weighted by Gasteiger charge is 2.37. The zero-order chi connectivity index (χ0) is 19.4. The number of aromatic nitrogens is 2. The van der Waals surface area contributed by atoms with Gasteiger partial charge >= 0.3 is 12.2 Å². The van der Waals surface area contributed by atoms with Crippen LogP contribution >= 0.6 is 0 Å². The molecule has 1 heterocycles. The number of benzene rings is 1. The van der Waals surface area contributed by atoms with Gasteiger partial charge in [-0.3, -0.25) is 0 Å². The lowest BCUT2D eigenvalue weighted by atomic mass is 10.1. The highest BCUT2D eigenvalue weighted by Crippen LogP contribution is 2.39. The quantitative estimate of drug-likeness (QED) is 0.661. The number of nitrogens with zero attached hydrogens (tertiary/aromatic N) is 3. The number of anilines is 2. The van der Waals surface area contributed by atoms with Crippen molar-refractivity contribution in [3.05, 3.63) is 41.6 Å². The molecular formula is C20H24F3N3O. The average molecular weight is 379 g/mol. The Hall–Kier alpha value is -2.31. The number of rotatable bonds is 6. The van der Waals surface area contributed by atoms with Gasteiger partial charge in [-0.05, 0) is 43.7 Å². The molecule has 1 aliphatic rings. The Morgan fingerprint density at radius 2 is 1.89 bits per heavy atom. The maximum atomic E-state index is 13.6. The summed E-state index contributed by atoms with van der Waals surface area (Å²) in [6.07, 6.45) is 1.82. The van der Waals surface area contributed by atoms with Crippen LogP contribution in [0.4, 0.5) is 24.7 Å². The third-order valence-electron chi connectivity index (χ3n) is 4.82. The molecule has 0 aliphatic heterocycles. The molecule has 1 aromatic carbocycles. The van der Waals surface area contributed by atoms with Crippen molar-refractivity contribution in [2.75, 3.05) is 11.9 Å². The lowest BCUT2D eigenvalue weighted by Crippen LogP contribution is -2.21. The van der Waals surface area contributed by atoms with E-state index in [2.05, 4.69) is 9.97 Å². The molecule has 0 amide bonds. The highest BCUT2D eigenvalue weighted by atomic mass is 19.4. The van der Waals surface area contributed by atoms with Crippen molar-refractivity contribution in [1.82, 2.24) is 9.97 Å². The number of alkyl halides is 3. The van der Waals surface area contributed by atoms with Crippen LogP contribution in [0, 0.1) is 0 Å². The minimum atomic E-state index is -4.55. The second-order valence-corrected chi connectivity index (χ2v) is 6.85. The van der Waals surface area contributed by atoms with E-state index in [0.29, 0.717) is 5.69 Å². The molecule has 0 bridgehead atoms. The highest BCUT2D eigenvalue weighted by molar-refractivity contribution is 5.66. The van der Waals surface area contributed by atoms with Crippen molar-refractivity contribution in [3.63, 3.8) is 0 Å². The third-order valence-corrected chi connectivity index (χ3v) is 4.82. The van der Waals surface area contributed by atoms with E-state index >= 15 is 0 Å². The number of hydrogen-bond donors (Lipinski definition) is 0. The summed E-state index contributed by atoms with van der Waals surface area (Å²) in [5, 5.41) is 0. The number of hydrogen-bond acceptors (Lipinski definition) is 4. The van der Waals surface area contributed by atoms with Crippen LogP contribution in [0.5, 0.6) is 6.01 Å². The van der Waals surface area contributed by atoms with Crippen LogP contribution in [0.25, 0.3) is 0 Å². The zero-order valence-corrected chi connectivity index (χ0v) is 15.6. The molecule has 1 fully saturated rings. The van der Waals surface area contributed by atoms with E-state index in [1.165, 1.54) is 4.90 Å². The van der Waals surface area contributed by atoms with Gasteiger partial charge in [0.05, 0.1) is 0 Å². The molecule has 0 N–H and O–H groups in total. The van der Waals surface area contributed by atoms with Gasteiger partial charge in [-0.1, -0.05) is 31.5 Å². The predicted octanol–water partition coefficient (Wildman–Crippen LogP) is 5.54. The maximum Gasteiger partial charge on any atom is 0.421 e. The SMILES string of the molecule is CCCc1ccccc1N(C)c1nc(OC2CCCC2)ncc1C(F)(F)F. The Morgan fingerprint density at radius 3 is 2.56 bits per heavy atom. The van der Waals surface area contributed by atoms with Crippen LogP contribution in [0.2, 0.25) is 0 Å². The molecular weight excluding hydrogens is 355 g/mol. The second-order valence-electron chi connectivity index (χ2n) is 6.85. The first-order valence-electron chi connectivity index (χ1n) is 9.32. The molecule has 0 spiro atoms. The molecule has 1 saturated carbocycles. The normalized spacial score (nSPS) is 15.1. The molecule has 1 aromatic heterocycles. The van der Waals surface area contributed by atoms with Crippen molar-refractivity contribution < 1.29 is 17.9 Å². The molecule has 2 aromatic rings. The Bertz CT molecular complexity index is 773. The molecule has 4 nitrogen and oxygen atoms in total. The topological polar surface area (TPSA) is 38.2 Å². The van der Waals surface area contributed by atoms with Crippen LogP contribution < -0.4 is 9.64 Å². The van der Waals surface area contributed by atoms with Crippen molar-refractivity contribution in [2.45, 2.75) is 57.7 Å².